The van der Waals surface area contributed by atoms with Crippen LogP contribution in [0.25, 0.3) is 0 Å². The molecule has 0 bridgehead atoms. The molecule has 6 heteroatoms. The normalized spacial score (nSPS) is 17.8. The highest BCUT2D eigenvalue weighted by molar-refractivity contribution is 7.11. The molecule has 0 unspecified atom stereocenters. The Bertz CT molecular complexity index is 715. The minimum absolute atomic E-state index is 0.0226. The number of carbonyl (C=O) groups excluding carboxylic acids is 1. The minimum atomic E-state index is 0.0226. The number of pyridine rings is 1. The summed E-state index contributed by atoms with van der Waals surface area (Å²) in [4.78, 5) is 26.6. The molecule has 3 heterocycles. The second kappa shape index (κ2) is 7.30. The number of hydrogen-bond acceptors (Lipinski definition) is 5. The van der Waals surface area contributed by atoms with Crippen LogP contribution in [0.3, 0.4) is 0 Å². The summed E-state index contributed by atoms with van der Waals surface area (Å²) in [5, 5.41) is 1.02. The van der Waals surface area contributed by atoms with Crippen molar-refractivity contribution < 1.29 is 4.79 Å². The number of hydrogen-bond donors (Lipinski definition) is 0. The Morgan fingerprint density at radius 1 is 1.42 bits per heavy atom. The average Bonchev–Trinajstić information content (AvgIpc) is 2.99. The fourth-order valence-electron chi connectivity index (χ4n) is 3.15. The third-order valence-electron chi connectivity index (χ3n) is 4.50. The summed E-state index contributed by atoms with van der Waals surface area (Å²) in [6.07, 6.45) is 7.23. The van der Waals surface area contributed by atoms with Crippen LogP contribution in [-0.4, -0.2) is 40.4 Å². The van der Waals surface area contributed by atoms with Gasteiger partial charge in [0.15, 0.2) is 0 Å². The van der Waals surface area contributed by atoms with Crippen LogP contribution in [0.2, 0.25) is 0 Å². The van der Waals surface area contributed by atoms with Crippen LogP contribution >= 0.6 is 11.3 Å². The Hall–Kier alpha value is -1.95. The smallest absolute Gasteiger partial charge is 0.254 e. The van der Waals surface area contributed by atoms with Crippen LogP contribution in [0.4, 0.5) is 5.82 Å². The first-order valence-electron chi connectivity index (χ1n) is 8.44. The van der Waals surface area contributed by atoms with Crippen LogP contribution in [0, 0.1) is 6.92 Å². The second-order valence-corrected chi connectivity index (χ2v) is 7.77. The van der Waals surface area contributed by atoms with Crippen molar-refractivity contribution in [2.75, 3.05) is 18.5 Å². The zero-order valence-electron chi connectivity index (χ0n) is 14.5. The van der Waals surface area contributed by atoms with E-state index in [1.54, 1.807) is 28.5 Å². The third kappa shape index (κ3) is 3.75. The van der Waals surface area contributed by atoms with Crippen molar-refractivity contribution in [3.05, 3.63) is 40.0 Å². The van der Waals surface area contributed by atoms with Crippen molar-refractivity contribution in [3.63, 3.8) is 0 Å². The molecule has 2 aromatic rings. The lowest BCUT2D eigenvalue weighted by Gasteiger charge is -2.34. The van der Waals surface area contributed by atoms with Crippen molar-refractivity contribution in [2.24, 2.45) is 0 Å². The number of amides is 1. The SMILES string of the molecule is Cc1ncc(CN(C)C(=O)c2ccnc(N3CCCC[C@H]3C)c2)s1. The van der Waals surface area contributed by atoms with Crippen molar-refractivity contribution in [3.8, 4) is 0 Å². The Balaban J connectivity index is 1.73. The van der Waals surface area contributed by atoms with Gasteiger partial charge in [0.25, 0.3) is 5.91 Å². The van der Waals surface area contributed by atoms with E-state index in [0.29, 0.717) is 18.2 Å². The number of carbonyl (C=O) groups is 1. The van der Waals surface area contributed by atoms with Gasteiger partial charge < -0.3 is 9.80 Å². The number of aromatic nitrogens is 2. The summed E-state index contributed by atoms with van der Waals surface area (Å²) in [6, 6.07) is 4.21. The van der Waals surface area contributed by atoms with Gasteiger partial charge in [-0.15, -0.1) is 11.3 Å². The summed E-state index contributed by atoms with van der Waals surface area (Å²) >= 11 is 1.63. The molecule has 0 radical (unpaired) electrons. The highest BCUT2D eigenvalue weighted by atomic mass is 32.1. The molecule has 5 nitrogen and oxygen atoms in total. The van der Waals surface area contributed by atoms with E-state index in [1.807, 2.05) is 26.2 Å². The number of nitrogens with zero attached hydrogens (tertiary/aromatic N) is 4. The molecule has 1 aliphatic rings. The van der Waals surface area contributed by atoms with Crippen LogP contribution in [0.1, 0.15) is 46.4 Å². The maximum Gasteiger partial charge on any atom is 0.254 e. The van der Waals surface area contributed by atoms with Crippen molar-refractivity contribution in [1.82, 2.24) is 14.9 Å². The molecule has 2 aromatic heterocycles. The summed E-state index contributed by atoms with van der Waals surface area (Å²) in [6.45, 7) is 5.81. The van der Waals surface area contributed by atoms with Gasteiger partial charge in [-0.25, -0.2) is 9.97 Å². The molecule has 0 aliphatic carbocycles. The van der Waals surface area contributed by atoms with Gasteiger partial charge in [0.05, 0.1) is 11.6 Å². The van der Waals surface area contributed by atoms with E-state index >= 15 is 0 Å². The van der Waals surface area contributed by atoms with E-state index in [9.17, 15) is 4.79 Å². The quantitative estimate of drug-likeness (QED) is 0.852. The molecule has 24 heavy (non-hydrogen) atoms. The Morgan fingerprint density at radius 3 is 2.96 bits per heavy atom. The number of aryl methyl sites for hydroxylation is 1. The molecular formula is C18H24N4OS. The van der Waals surface area contributed by atoms with E-state index in [4.69, 9.17) is 0 Å². The standard InChI is InChI=1S/C18H24N4OS/c1-13-6-4-5-9-22(13)17-10-15(7-8-19-17)18(23)21(3)12-16-11-20-14(2)24-16/h7-8,10-11,13H,4-6,9,12H2,1-3H3/t13-/m1/s1. The monoisotopic (exact) mass is 344 g/mol. The maximum atomic E-state index is 12.7. The van der Waals surface area contributed by atoms with Gasteiger partial charge in [0.1, 0.15) is 5.82 Å². The van der Waals surface area contributed by atoms with Gasteiger partial charge in [-0.2, -0.15) is 0 Å². The first-order chi connectivity index (χ1) is 11.5. The predicted molar refractivity (Wildman–Crippen MR) is 97.5 cm³/mol. The first-order valence-corrected chi connectivity index (χ1v) is 9.25. The molecule has 1 aliphatic heterocycles. The molecule has 128 valence electrons. The van der Waals surface area contributed by atoms with Gasteiger partial charge in [-0.05, 0) is 45.2 Å². The van der Waals surface area contributed by atoms with E-state index in [0.717, 1.165) is 22.2 Å². The lowest BCUT2D eigenvalue weighted by atomic mass is 10.0. The van der Waals surface area contributed by atoms with E-state index < -0.39 is 0 Å². The van der Waals surface area contributed by atoms with E-state index in [1.165, 1.54) is 19.3 Å². The fraction of sp³-hybridized carbons (Fsp3) is 0.500. The molecule has 1 saturated heterocycles. The van der Waals surface area contributed by atoms with Crippen molar-refractivity contribution >= 4 is 23.1 Å². The molecule has 0 saturated carbocycles. The zero-order valence-corrected chi connectivity index (χ0v) is 15.3. The Labute approximate surface area is 147 Å². The molecule has 0 N–H and O–H groups in total. The second-order valence-electron chi connectivity index (χ2n) is 6.45. The van der Waals surface area contributed by atoms with Crippen LogP contribution < -0.4 is 4.90 Å². The summed E-state index contributed by atoms with van der Waals surface area (Å²) in [7, 11) is 1.83. The third-order valence-corrected chi connectivity index (χ3v) is 5.40. The van der Waals surface area contributed by atoms with Crippen LogP contribution in [-0.2, 0) is 6.54 Å². The predicted octanol–water partition coefficient (Wildman–Crippen LogP) is 3.50. The summed E-state index contributed by atoms with van der Waals surface area (Å²) in [5.74, 6) is 0.935. The number of rotatable bonds is 4. The maximum absolute atomic E-state index is 12.7. The van der Waals surface area contributed by atoms with Gasteiger partial charge in [0, 0.05) is 42.5 Å². The van der Waals surface area contributed by atoms with Gasteiger partial charge in [-0.1, -0.05) is 0 Å². The van der Waals surface area contributed by atoms with E-state index in [-0.39, 0.29) is 5.91 Å². The molecular weight excluding hydrogens is 320 g/mol. The number of anilines is 1. The minimum Gasteiger partial charge on any atom is -0.354 e. The molecule has 3 rings (SSSR count). The highest BCUT2D eigenvalue weighted by Crippen LogP contribution is 2.24. The van der Waals surface area contributed by atoms with E-state index in [2.05, 4.69) is 21.8 Å². The lowest BCUT2D eigenvalue weighted by molar-refractivity contribution is 0.0786. The first kappa shape index (κ1) is 16.9. The molecule has 0 aromatic carbocycles. The van der Waals surface area contributed by atoms with Gasteiger partial charge in [-0.3, -0.25) is 4.79 Å². The Morgan fingerprint density at radius 2 is 2.25 bits per heavy atom. The van der Waals surface area contributed by atoms with Crippen molar-refractivity contribution in [2.45, 2.75) is 45.7 Å². The van der Waals surface area contributed by atoms with Gasteiger partial charge in [0.2, 0.25) is 0 Å². The summed E-state index contributed by atoms with van der Waals surface area (Å²) < 4.78 is 0. The fourth-order valence-corrected chi connectivity index (χ4v) is 4.00. The molecule has 1 amide bonds. The number of thiazole rings is 1. The summed E-state index contributed by atoms with van der Waals surface area (Å²) in [5.41, 5.74) is 0.696. The Kier molecular flexibility index (Phi) is 5.14. The largest absolute Gasteiger partial charge is 0.354 e. The topological polar surface area (TPSA) is 49.3 Å². The van der Waals surface area contributed by atoms with Crippen LogP contribution in [0.15, 0.2) is 24.5 Å². The highest BCUT2D eigenvalue weighted by Gasteiger charge is 2.21. The molecule has 1 fully saturated rings. The molecule has 0 spiro atoms. The zero-order chi connectivity index (χ0) is 17.1. The number of piperidine rings is 1. The lowest BCUT2D eigenvalue weighted by Crippen LogP contribution is -2.38. The average molecular weight is 344 g/mol. The van der Waals surface area contributed by atoms with Crippen LogP contribution in [0.5, 0.6) is 0 Å². The van der Waals surface area contributed by atoms with Gasteiger partial charge >= 0.3 is 0 Å². The van der Waals surface area contributed by atoms with Crippen molar-refractivity contribution in [1.29, 1.82) is 0 Å². The molecule has 1 atom stereocenters.